The molecular formula is C12H14O4. The molecule has 1 aromatic rings. The molecule has 86 valence electrons. The summed E-state index contributed by atoms with van der Waals surface area (Å²) in [6.07, 6.45) is 0.967. The Balaban J connectivity index is 2.17. The number of rotatable bonds is 3. The molecule has 0 amide bonds. The fraction of sp³-hybridized carbons (Fsp3) is 0.417. The summed E-state index contributed by atoms with van der Waals surface area (Å²) in [6, 6.07) is 3.44. The molecule has 0 fully saturated rings. The highest BCUT2D eigenvalue weighted by Gasteiger charge is 2.18. The molecule has 0 aliphatic carbocycles. The topological polar surface area (TPSA) is 55.8 Å². The Kier molecular flexibility index (Phi) is 2.99. The van der Waals surface area contributed by atoms with E-state index in [-0.39, 0.29) is 18.1 Å². The minimum Gasteiger partial charge on any atom is -0.504 e. The number of ether oxygens (including phenoxy) is 2. The lowest BCUT2D eigenvalue weighted by Crippen LogP contribution is -2.07. The van der Waals surface area contributed by atoms with Crippen molar-refractivity contribution in [2.45, 2.75) is 19.8 Å². The number of phenols is 1. The average molecular weight is 222 g/mol. The van der Waals surface area contributed by atoms with Crippen LogP contribution >= 0.6 is 0 Å². The smallest absolute Gasteiger partial charge is 0.310 e. The monoisotopic (exact) mass is 222 g/mol. The first-order chi connectivity index (χ1) is 7.70. The number of hydrogen-bond acceptors (Lipinski definition) is 4. The third-order valence-corrected chi connectivity index (χ3v) is 2.48. The van der Waals surface area contributed by atoms with Gasteiger partial charge in [-0.15, -0.1) is 0 Å². The van der Waals surface area contributed by atoms with Crippen molar-refractivity contribution in [1.29, 1.82) is 0 Å². The van der Waals surface area contributed by atoms with Crippen molar-refractivity contribution in [1.82, 2.24) is 0 Å². The van der Waals surface area contributed by atoms with Gasteiger partial charge in [-0.2, -0.15) is 0 Å². The predicted molar refractivity (Wildman–Crippen MR) is 57.6 cm³/mol. The third-order valence-electron chi connectivity index (χ3n) is 2.48. The van der Waals surface area contributed by atoms with Crippen LogP contribution in [0.25, 0.3) is 0 Å². The Bertz CT molecular complexity index is 412. The maximum Gasteiger partial charge on any atom is 0.310 e. The Labute approximate surface area is 93.8 Å². The molecule has 0 atom stereocenters. The minimum atomic E-state index is -0.277. The van der Waals surface area contributed by atoms with E-state index in [0.29, 0.717) is 19.0 Å². The van der Waals surface area contributed by atoms with E-state index in [4.69, 9.17) is 9.47 Å². The summed E-state index contributed by atoms with van der Waals surface area (Å²) >= 11 is 0. The number of benzene rings is 1. The molecule has 0 radical (unpaired) electrons. The Hall–Kier alpha value is -1.71. The van der Waals surface area contributed by atoms with Crippen LogP contribution in [-0.4, -0.2) is 24.3 Å². The van der Waals surface area contributed by atoms with Crippen LogP contribution in [0.3, 0.4) is 0 Å². The van der Waals surface area contributed by atoms with Crippen LogP contribution in [-0.2, 0) is 22.4 Å². The number of fused-ring (bicyclic) bond motifs is 1. The summed E-state index contributed by atoms with van der Waals surface area (Å²) in [6.45, 7) is 2.73. The quantitative estimate of drug-likeness (QED) is 0.786. The number of phenolic OH excluding ortho intramolecular Hbond substituents is 1. The molecule has 0 bridgehead atoms. The van der Waals surface area contributed by atoms with Gasteiger partial charge in [-0.3, -0.25) is 4.79 Å². The van der Waals surface area contributed by atoms with Gasteiger partial charge >= 0.3 is 5.97 Å². The summed E-state index contributed by atoms with van der Waals surface area (Å²) in [5.41, 5.74) is 1.72. The maximum atomic E-state index is 11.3. The molecule has 2 rings (SSSR count). The van der Waals surface area contributed by atoms with Gasteiger partial charge in [-0.1, -0.05) is 6.07 Å². The van der Waals surface area contributed by atoms with Gasteiger partial charge in [-0.05, 0) is 18.6 Å². The van der Waals surface area contributed by atoms with Crippen molar-refractivity contribution in [3.8, 4) is 11.5 Å². The van der Waals surface area contributed by atoms with Crippen molar-refractivity contribution in [2.24, 2.45) is 0 Å². The molecule has 0 saturated carbocycles. The number of carbonyl (C=O) groups is 1. The zero-order valence-corrected chi connectivity index (χ0v) is 9.16. The van der Waals surface area contributed by atoms with E-state index in [1.807, 2.05) is 6.07 Å². The van der Waals surface area contributed by atoms with Crippen LogP contribution in [0.1, 0.15) is 18.1 Å². The molecule has 0 saturated heterocycles. The lowest BCUT2D eigenvalue weighted by molar-refractivity contribution is -0.142. The van der Waals surface area contributed by atoms with Crippen LogP contribution in [0.5, 0.6) is 11.5 Å². The second-order valence-corrected chi connectivity index (χ2v) is 3.68. The number of carbonyl (C=O) groups excluding carboxylic acids is 1. The molecule has 4 heteroatoms. The zero-order valence-electron chi connectivity index (χ0n) is 9.16. The SMILES string of the molecule is CCOC(=O)Cc1cc(O)c2c(c1)CCO2. The lowest BCUT2D eigenvalue weighted by atomic mass is 10.1. The van der Waals surface area contributed by atoms with Crippen molar-refractivity contribution in [3.05, 3.63) is 23.3 Å². The molecule has 0 spiro atoms. The van der Waals surface area contributed by atoms with E-state index < -0.39 is 0 Å². The van der Waals surface area contributed by atoms with Crippen LogP contribution in [0.2, 0.25) is 0 Å². The molecule has 0 aromatic heterocycles. The van der Waals surface area contributed by atoms with E-state index >= 15 is 0 Å². The van der Waals surface area contributed by atoms with Gasteiger partial charge < -0.3 is 14.6 Å². The number of aromatic hydroxyl groups is 1. The van der Waals surface area contributed by atoms with Gasteiger partial charge in [0.15, 0.2) is 11.5 Å². The normalized spacial score (nSPS) is 13.1. The molecule has 1 aliphatic heterocycles. The molecule has 1 N–H and O–H groups in total. The second kappa shape index (κ2) is 4.43. The van der Waals surface area contributed by atoms with Gasteiger partial charge in [0.2, 0.25) is 0 Å². The predicted octanol–water partition coefficient (Wildman–Crippen LogP) is 1.43. The zero-order chi connectivity index (χ0) is 11.5. The summed E-state index contributed by atoms with van der Waals surface area (Å²) < 4.78 is 10.1. The molecular weight excluding hydrogens is 208 g/mol. The molecule has 1 aliphatic rings. The molecule has 1 aromatic carbocycles. The van der Waals surface area contributed by atoms with E-state index in [1.165, 1.54) is 0 Å². The summed E-state index contributed by atoms with van der Waals surface area (Å²) in [4.78, 5) is 11.3. The van der Waals surface area contributed by atoms with Crippen molar-refractivity contribution in [2.75, 3.05) is 13.2 Å². The lowest BCUT2D eigenvalue weighted by Gasteiger charge is -2.06. The Morgan fingerprint density at radius 1 is 1.56 bits per heavy atom. The summed E-state index contributed by atoms with van der Waals surface area (Å²) in [5.74, 6) is 0.377. The first kappa shape index (κ1) is 10.8. The van der Waals surface area contributed by atoms with Crippen LogP contribution in [0.15, 0.2) is 12.1 Å². The van der Waals surface area contributed by atoms with Gasteiger partial charge in [0.05, 0.1) is 19.6 Å². The highest BCUT2D eigenvalue weighted by molar-refractivity contribution is 5.73. The first-order valence-electron chi connectivity index (χ1n) is 5.34. The minimum absolute atomic E-state index is 0.106. The van der Waals surface area contributed by atoms with E-state index in [1.54, 1.807) is 13.0 Å². The van der Waals surface area contributed by atoms with Crippen molar-refractivity contribution < 1.29 is 19.4 Å². The fourth-order valence-electron chi connectivity index (χ4n) is 1.83. The van der Waals surface area contributed by atoms with Crippen LogP contribution in [0, 0.1) is 0 Å². The fourth-order valence-corrected chi connectivity index (χ4v) is 1.83. The largest absolute Gasteiger partial charge is 0.504 e. The first-order valence-corrected chi connectivity index (χ1v) is 5.34. The number of esters is 1. The third kappa shape index (κ3) is 2.10. The highest BCUT2D eigenvalue weighted by atomic mass is 16.5. The molecule has 4 nitrogen and oxygen atoms in total. The van der Waals surface area contributed by atoms with E-state index in [2.05, 4.69) is 0 Å². The van der Waals surface area contributed by atoms with E-state index in [9.17, 15) is 9.90 Å². The van der Waals surface area contributed by atoms with Gasteiger partial charge in [0, 0.05) is 12.0 Å². The maximum absolute atomic E-state index is 11.3. The van der Waals surface area contributed by atoms with Gasteiger partial charge in [0.25, 0.3) is 0 Å². The second-order valence-electron chi connectivity index (χ2n) is 3.68. The number of hydrogen-bond donors (Lipinski definition) is 1. The van der Waals surface area contributed by atoms with Gasteiger partial charge in [-0.25, -0.2) is 0 Å². The Morgan fingerprint density at radius 3 is 3.12 bits per heavy atom. The molecule has 1 heterocycles. The van der Waals surface area contributed by atoms with Gasteiger partial charge in [0.1, 0.15) is 0 Å². The summed E-state index contributed by atoms with van der Waals surface area (Å²) in [7, 11) is 0. The summed E-state index contributed by atoms with van der Waals surface area (Å²) in [5, 5.41) is 9.68. The van der Waals surface area contributed by atoms with Crippen molar-refractivity contribution in [3.63, 3.8) is 0 Å². The highest BCUT2D eigenvalue weighted by Crippen LogP contribution is 2.35. The standard InChI is InChI=1S/C12H14O4/c1-2-15-11(14)7-8-5-9-3-4-16-12(9)10(13)6-8/h5-6,13H,2-4,7H2,1H3. The van der Waals surface area contributed by atoms with Crippen LogP contribution in [0.4, 0.5) is 0 Å². The van der Waals surface area contributed by atoms with E-state index in [0.717, 1.165) is 17.5 Å². The molecule has 16 heavy (non-hydrogen) atoms. The Morgan fingerprint density at radius 2 is 2.38 bits per heavy atom. The van der Waals surface area contributed by atoms with Crippen LogP contribution < -0.4 is 4.74 Å². The molecule has 0 unspecified atom stereocenters. The van der Waals surface area contributed by atoms with Crippen molar-refractivity contribution >= 4 is 5.97 Å². The average Bonchev–Trinajstić information content (AvgIpc) is 2.66.